The number of ether oxygens (including phenoxy) is 3. The van der Waals surface area contributed by atoms with E-state index in [0.717, 1.165) is 16.7 Å². The lowest BCUT2D eigenvalue weighted by molar-refractivity contribution is -0.163. The first-order chi connectivity index (χ1) is 13.8. The minimum absolute atomic E-state index is 0.00505. The normalized spacial score (nSPS) is 28.0. The van der Waals surface area contributed by atoms with Gasteiger partial charge in [-0.05, 0) is 39.0 Å². The fourth-order valence-corrected chi connectivity index (χ4v) is 4.58. The molecule has 0 amide bonds. The smallest absolute Gasteiger partial charge is 0.164 e. The van der Waals surface area contributed by atoms with Gasteiger partial charge in [0.1, 0.15) is 30.3 Å². The van der Waals surface area contributed by atoms with Gasteiger partial charge in [-0.2, -0.15) is 0 Å². The average molecular weight is 416 g/mol. The van der Waals surface area contributed by atoms with Crippen LogP contribution in [0.2, 0.25) is 5.02 Å². The van der Waals surface area contributed by atoms with E-state index in [-0.39, 0.29) is 30.1 Å². The molecule has 1 N–H and O–H groups in total. The average Bonchev–Trinajstić information content (AvgIpc) is 3.30. The van der Waals surface area contributed by atoms with E-state index in [1.54, 1.807) is 18.5 Å². The molecule has 5 rings (SSSR count). The summed E-state index contributed by atoms with van der Waals surface area (Å²) in [5, 5.41) is 11.7. The molecule has 3 aromatic rings. The minimum atomic E-state index is -0.717. The number of nitrogens with zero attached hydrogens (tertiary/aromatic N) is 3. The summed E-state index contributed by atoms with van der Waals surface area (Å²) < 4.78 is 20.7. The van der Waals surface area contributed by atoms with Crippen LogP contribution in [0.15, 0.2) is 36.8 Å². The Labute approximate surface area is 173 Å². The number of hydrogen-bond acceptors (Lipinski definition) is 6. The van der Waals surface area contributed by atoms with Gasteiger partial charge in [0.05, 0.1) is 11.7 Å². The maximum atomic E-state index is 10.2. The van der Waals surface area contributed by atoms with Crippen LogP contribution in [0.4, 0.5) is 0 Å². The van der Waals surface area contributed by atoms with Crippen LogP contribution in [0, 0.1) is 6.92 Å². The number of aromatic hydroxyl groups is 1. The number of aromatic nitrogens is 3. The molecular formula is C21H22ClN3O4. The van der Waals surface area contributed by atoms with Gasteiger partial charge in [0, 0.05) is 29.1 Å². The minimum Gasteiger partial charge on any atom is -0.504 e. The molecule has 1 saturated carbocycles. The van der Waals surface area contributed by atoms with E-state index in [4.69, 9.17) is 25.8 Å². The van der Waals surface area contributed by atoms with E-state index in [1.165, 1.54) is 6.07 Å². The van der Waals surface area contributed by atoms with Crippen LogP contribution in [0.5, 0.6) is 11.5 Å². The van der Waals surface area contributed by atoms with Crippen molar-refractivity contribution < 1.29 is 19.3 Å². The Hall–Kier alpha value is -2.35. The van der Waals surface area contributed by atoms with E-state index in [1.807, 2.05) is 33.0 Å². The van der Waals surface area contributed by atoms with E-state index < -0.39 is 5.79 Å². The molecule has 7 nitrogen and oxygen atoms in total. The van der Waals surface area contributed by atoms with Gasteiger partial charge in [-0.1, -0.05) is 11.6 Å². The molecule has 8 heteroatoms. The van der Waals surface area contributed by atoms with Crippen molar-refractivity contribution in [3.63, 3.8) is 0 Å². The Balaban J connectivity index is 1.51. The maximum Gasteiger partial charge on any atom is 0.164 e. The molecule has 152 valence electrons. The maximum absolute atomic E-state index is 10.2. The summed E-state index contributed by atoms with van der Waals surface area (Å²) in [6, 6.07) is 6.83. The van der Waals surface area contributed by atoms with Crippen LogP contribution in [0.1, 0.15) is 32.0 Å². The number of benzene rings is 1. The summed E-state index contributed by atoms with van der Waals surface area (Å²) in [6.45, 7) is 5.78. The summed E-state index contributed by atoms with van der Waals surface area (Å²) in [6.07, 6.45) is 3.49. The molecule has 3 heterocycles. The number of phenols is 1. The third kappa shape index (κ3) is 3.13. The lowest BCUT2D eigenvalue weighted by Crippen LogP contribution is -2.32. The van der Waals surface area contributed by atoms with Gasteiger partial charge in [-0.15, -0.1) is 0 Å². The van der Waals surface area contributed by atoms with E-state index in [0.29, 0.717) is 17.2 Å². The van der Waals surface area contributed by atoms with Crippen molar-refractivity contribution >= 4 is 22.6 Å². The molecule has 1 aromatic carbocycles. The number of fused-ring (bicyclic) bond motifs is 2. The van der Waals surface area contributed by atoms with Gasteiger partial charge >= 0.3 is 0 Å². The SMILES string of the molecule is Cc1ncnc2c1ccn2[C@@H]1C[C@H](Oc2ccc(Cl)cc2O)[C@H]2OC(C)(C)O[C@H]21. The summed E-state index contributed by atoms with van der Waals surface area (Å²) >= 11 is 5.94. The van der Waals surface area contributed by atoms with Crippen LogP contribution < -0.4 is 4.74 Å². The lowest BCUT2D eigenvalue weighted by Gasteiger charge is -2.25. The van der Waals surface area contributed by atoms with Crippen molar-refractivity contribution in [3.05, 3.63) is 47.5 Å². The second kappa shape index (κ2) is 6.58. The predicted octanol–water partition coefficient (Wildman–Crippen LogP) is 4.01. The van der Waals surface area contributed by atoms with Crippen molar-refractivity contribution in [2.75, 3.05) is 0 Å². The summed E-state index contributed by atoms with van der Waals surface area (Å²) in [5.41, 5.74) is 1.80. The standard InChI is InChI=1S/C21H22ClN3O4/c1-11-13-6-7-25(20(13)24-10-23-11)14-9-17(19-18(14)28-21(2,3)29-19)27-16-5-4-12(22)8-15(16)26/h4-8,10,14,17-19,26H,9H2,1-3H3/t14-,17+,18+,19-/m1/s1. The highest BCUT2D eigenvalue weighted by molar-refractivity contribution is 6.30. The Kier molecular flexibility index (Phi) is 4.24. The number of phenolic OH excluding ortho intramolecular Hbond substituents is 1. The van der Waals surface area contributed by atoms with E-state index >= 15 is 0 Å². The molecule has 29 heavy (non-hydrogen) atoms. The molecule has 4 atom stereocenters. The van der Waals surface area contributed by atoms with Gasteiger partial charge in [0.25, 0.3) is 0 Å². The lowest BCUT2D eigenvalue weighted by atomic mass is 10.2. The summed E-state index contributed by atoms with van der Waals surface area (Å²) in [4.78, 5) is 8.77. The first kappa shape index (κ1) is 18.7. The highest BCUT2D eigenvalue weighted by Gasteiger charge is 2.56. The van der Waals surface area contributed by atoms with E-state index in [2.05, 4.69) is 14.5 Å². The van der Waals surface area contributed by atoms with Gasteiger partial charge in [0.2, 0.25) is 0 Å². The second-order valence-electron chi connectivity index (χ2n) is 8.06. The van der Waals surface area contributed by atoms with Crippen LogP contribution in [0.3, 0.4) is 0 Å². The zero-order chi connectivity index (χ0) is 20.3. The van der Waals surface area contributed by atoms with Crippen LogP contribution in [0.25, 0.3) is 11.0 Å². The highest BCUT2D eigenvalue weighted by Crippen LogP contribution is 2.46. The number of aryl methyl sites for hydroxylation is 1. The molecule has 1 saturated heterocycles. The first-order valence-electron chi connectivity index (χ1n) is 9.61. The third-order valence-electron chi connectivity index (χ3n) is 5.65. The molecule has 0 bridgehead atoms. The zero-order valence-corrected chi connectivity index (χ0v) is 17.1. The van der Waals surface area contributed by atoms with E-state index in [9.17, 15) is 5.11 Å². The molecule has 1 aliphatic carbocycles. The van der Waals surface area contributed by atoms with Crippen molar-refractivity contribution in [2.45, 2.75) is 57.3 Å². The topological polar surface area (TPSA) is 78.6 Å². The Bertz CT molecular complexity index is 1080. The van der Waals surface area contributed by atoms with Crippen molar-refractivity contribution in [3.8, 4) is 11.5 Å². The molecule has 2 aliphatic rings. The Morgan fingerprint density at radius 2 is 2.00 bits per heavy atom. The van der Waals surface area contributed by atoms with Crippen LogP contribution >= 0.6 is 11.6 Å². The monoisotopic (exact) mass is 415 g/mol. The Morgan fingerprint density at radius 3 is 2.79 bits per heavy atom. The quantitative estimate of drug-likeness (QED) is 0.696. The summed E-state index contributed by atoms with van der Waals surface area (Å²) in [5.74, 6) is -0.334. The second-order valence-corrected chi connectivity index (χ2v) is 8.49. The fraction of sp³-hybridized carbons (Fsp3) is 0.429. The highest BCUT2D eigenvalue weighted by atomic mass is 35.5. The predicted molar refractivity (Wildman–Crippen MR) is 107 cm³/mol. The third-order valence-corrected chi connectivity index (χ3v) is 5.88. The zero-order valence-electron chi connectivity index (χ0n) is 16.4. The van der Waals surface area contributed by atoms with Gasteiger partial charge < -0.3 is 23.9 Å². The van der Waals surface area contributed by atoms with Crippen LogP contribution in [-0.2, 0) is 9.47 Å². The van der Waals surface area contributed by atoms with Crippen molar-refractivity contribution in [1.82, 2.24) is 14.5 Å². The number of rotatable bonds is 3. The van der Waals surface area contributed by atoms with Crippen molar-refractivity contribution in [1.29, 1.82) is 0 Å². The number of hydrogen-bond donors (Lipinski definition) is 1. The number of halogens is 1. The molecule has 2 aromatic heterocycles. The van der Waals surface area contributed by atoms with Crippen molar-refractivity contribution in [2.24, 2.45) is 0 Å². The molecular weight excluding hydrogens is 394 g/mol. The molecule has 0 unspecified atom stereocenters. The molecule has 0 radical (unpaired) electrons. The molecule has 2 fully saturated rings. The van der Waals surface area contributed by atoms with Gasteiger partial charge in [-0.3, -0.25) is 0 Å². The van der Waals surface area contributed by atoms with Gasteiger partial charge in [0.15, 0.2) is 17.3 Å². The Morgan fingerprint density at radius 1 is 1.21 bits per heavy atom. The first-order valence-corrected chi connectivity index (χ1v) is 9.99. The largest absolute Gasteiger partial charge is 0.504 e. The van der Waals surface area contributed by atoms with Crippen LogP contribution in [-0.4, -0.2) is 43.7 Å². The molecule has 1 aliphatic heterocycles. The summed E-state index contributed by atoms with van der Waals surface area (Å²) in [7, 11) is 0. The van der Waals surface area contributed by atoms with Gasteiger partial charge in [-0.25, -0.2) is 9.97 Å². The fourth-order valence-electron chi connectivity index (χ4n) is 4.41. The molecule has 0 spiro atoms.